The van der Waals surface area contributed by atoms with E-state index in [1.54, 1.807) is 12.1 Å². The number of carbonyl (C=O) groups excluding carboxylic acids is 3. The molecule has 4 heterocycles. The maximum Gasteiger partial charge on any atom is 0.325 e. The maximum absolute atomic E-state index is 13.6. The molecule has 1 unspecified atom stereocenters. The van der Waals surface area contributed by atoms with Crippen LogP contribution in [-0.2, 0) is 22.6 Å². The third-order valence-corrected chi connectivity index (χ3v) is 7.59. The van der Waals surface area contributed by atoms with Crippen LogP contribution in [-0.4, -0.2) is 58.2 Å². The molecule has 0 saturated carbocycles. The zero-order valence-corrected chi connectivity index (χ0v) is 20.3. The average molecular weight is 483 g/mol. The molecule has 186 valence electrons. The number of imide groups is 1. The first-order valence-electron chi connectivity index (χ1n) is 12.0. The van der Waals surface area contributed by atoms with Crippen molar-refractivity contribution in [3.05, 3.63) is 40.8 Å². The predicted molar refractivity (Wildman–Crippen MR) is 124 cm³/mol. The molecule has 3 aliphatic rings. The van der Waals surface area contributed by atoms with Gasteiger partial charge in [0.25, 0.3) is 5.91 Å². The van der Waals surface area contributed by atoms with E-state index in [4.69, 9.17) is 14.0 Å². The number of fused-ring (bicyclic) bond motifs is 1. The Morgan fingerprint density at radius 2 is 1.91 bits per heavy atom. The molecule has 0 bridgehead atoms. The van der Waals surface area contributed by atoms with Gasteiger partial charge in [0.2, 0.25) is 12.7 Å². The van der Waals surface area contributed by atoms with Gasteiger partial charge < -0.3 is 24.2 Å². The van der Waals surface area contributed by atoms with E-state index in [0.29, 0.717) is 49.6 Å². The summed E-state index contributed by atoms with van der Waals surface area (Å²) >= 11 is 0. The van der Waals surface area contributed by atoms with Crippen LogP contribution < -0.4 is 14.8 Å². The van der Waals surface area contributed by atoms with E-state index < -0.39 is 5.54 Å². The molecule has 4 amide bonds. The minimum Gasteiger partial charge on any atom is -0.454 e. The largest absolute Gasteiger partial charge is 0.454 e. The normalized spacial score (nSPS) is 22.1. The molecule has 3 aliphatic heterocycles. The van der Waals surface area contributed by atoms with Crippen LogP contribution in [0.3, 0.4) is 0 Å². The maximum atomic E-state index is 13.6. The summed E-state index contributed by atoms with van der Waals surface area (Å²) in [6.45, 7) is 6.98. The number of aromatic nitrogens is 1. The number of urea groups is 1. The Morgan fingerprint density at radius 3 is 2.60 bits per heavy atom. The van der Waals surface area contributed by atoms with Crippen molar-refractivity contribution < 1.29 is 28.4 Å². The van der Waals surface area contributed by atoms with E-state index in [1.165, 1.54) is 4.90 Å². The molecule has 1 aromatic heterocycles. The smallest absolute Gasteiger partial charge is 0.325 e. The summed E-state index contributed by atoms with van der Waals surface area (Å²) in [6, 6.07) is 5.05. The fourth-order valence-electron chi connectivity index (χ4n) is 5.45. The topological polar surface area (TPSA) is 114 Å². The highest BCUT2D eigenvalue weighted by Gasteiger charge is 2.54. The Bertz CT molecular complexity index is 1150. The highest BCUT2D eigenvalue weighted by atomic mass is 16.7. The van der Waals surface area contributed by atoms with Crippen molar-refractivity contribution in [1.82, 2.24) is 20.3 Å². The van der Waals surface area contributed by atoms with Gasteiger partial charge in [0.1, 0.15) is 11.3 Å². The molecular formula is C25H30N4O6. The quantitative estimate of drug-likeness (QED) is 0.630. The highest BCUT2D eigenvalue weighted by Crippen LogP contribution is 2.38. The molecule has 0 aliphatic carbocycles. The van der Waals surface area contributed by atoms with Gasteiger partial charge in [-0.2, -0.15) is 0 Å². The molecule has 1 atom stereocenters. The lowest BCUT2D eigenvalue weighted by Gasteiger charge is -2.40. The number of likely N-dealkylation sites (tertiary alicyclic amines) is 1. The van der Waals surface area contributed by atoms with Crippen LogP contribution in [0.4, 0.5) is 4.79 Å². The summed E-state index contributed by atoms with van der Waals surface area (Å²) in [6.07, 6.45) is 2.03. The molecule has 10 heteroatoms. The Kier molecular flexibility index (Phi) is 5.90. The number of piperidine rings is 1. The van der Waals surface area contributed by atoms with Crippen LogP contribution in [0.25, 0.3) is 0 Å². The van der Waals surface area contributed by atoms with E-state index >= 15 is 0 Å². The molecule has 2 fully saturated rings. The molecule has 5 rings (SSSR count). The zero-order chi connectivity index (χ0) is 24.7. The van der Waals surface area contributed by atoms with Crippen molar-refractivity contribution in [3.8, 4) is 11.5 Å². The Hall–Kier alpha value is -3.56. The molecule has 1 aromatic carbocycles. The van der Waals surface area contributed by atoms with Gasteiger partial charge in [-0.3, -0.25) is 14.5 Å². The number of nitrogens with one attached hydrogen (secondary N) is 1. The Labute approximate surface area is 203 Å². The van der Waals surface area contributed by atoms with Gasteiger partial charge >= 0.3 is 6.03 Å². The Balaban J connectivity index is 1.25. The predicted octanol–water partition coefficient (Wildman–Crippen LogP) is 2.70. The van der Waals surface area contributed by atoms with Crippen molar-refractivity contribution in [2.45, 2.75) is 58.5 Å². The van der Waals surface area contributed by atoms with E-state index in [0.717, 1.165) is 16.8 Å². The third-order valence-electron chi connectivity index (χ3n) is 7.59. The van der Waals surface area contributed by atoms with Crippen molar-refractivity contribution in [2.24, 2.45) is 5.92 Å². The van der Waals surface area contributed by atoms with Crippen LogP contribution in [0, 0.1) is 19.8 Å². The minimum absolute atomic E-state index is 0.0228. The van der Waals surface area contributed by atoms with Gasteiger partial charge in [-0.25, -0.2) is 4.79 Å². The van der Waals surface area contributed by atoms with Gasteiger partial charge in [-0.15, -0.1) is 0 Å². The standard InChI is InChI=1S/C25H30N4O6/c1-4-25(18-7-9-28(10-8-18)22(30)12-19-15(2)27-35-16(19)3)23(31)29(24(32)26-25)13-17-5-6-20-21(11-17)34-14-33-20/h5-6,11,18H,4,7-10,12-14H2,1-3H3,(H,26,32). The minimum atomic E-state index is -0.954. The number of ether oxygens (including phenoxy) is 2. The second kappa shape index (κ2) is 8.90. The van der Waals surface area contributed by atoms with E-state index in [1.807, 2.05) is 31.7 Å². The molecule has 2 saturated heterocycles. The van der Waals surface area contributed by atoms with Crippen molar-refractivity contribution in [3.63, 3.8) is 0 Å². The average Bonchev–Trinajstić information content (AvgIpc) is 3.53. The number of nitrogens with zero attached hydrogens (tertiary/aromatic N) is 3. The number of aryl methyl sites for hydroxylation is 2. The van der Waals surface area contributed by atoms with Crippen molar-refractivity contribution in [1.29, 1.82) is 0 Å². The third kappa shape index (κ3) is 4.00. The van der Waals surface area contributed by atoms with Crippen LogP contribution >= 0.6 is 0 Å². The summed E-state index contributed by atoms with van der Waals surface area (Å²) in [5.41, 5.74) is 1.41. The van der Waals surface area contributed by atoms with Crippen molar-refractivity contribution in [2.75, 3.05) is 19.9 Å². The first-order valence-corrected chi connectivity index (χ1v) is 12.0. The molecule has 10 nitrogen and oxygen atoms in total. The molecule has 2 aromatic rings. The summed E-state index contributed by atoms with van der Waals surface area (Å²) in [5, 5.41) is 6.94. The second-order valence-electron chi connectivity index (χ2n) is 9.47. The van der Waals surface area contributed by atoms with Crippen LogP contribution in [0.15, 0.2) is 22.7 Å². The molecular weight excluding hydrogens is 452 g/mol. The van der Waals surface area contributed by atoms with E-state index in [2.05, 4.69) is 10.5 Å². The summed E-state index contributed by atoms with van der Waals surface area (Å²) < 4.78 is 15.9. The SMILES string of the molecule is CCC1(C2CCN(C(=O)Cc3c(C)noc3C)CC2)NC(=O)N(Cc2ccc3c(c2)OCO3)C1=O. The number of hydrogen-bond acceptors (Lipinski definition) is 7. The van der Waals surface area contributed by atoms with Crippen molar-refractivity contribution >= 4 is 17.8 Å². The molecule has 0 radical (unpaired) electrons. The van der Waals surface area contributed by atoms with Gasteiger partial charge in [-0.1, -0.05) is 18.1 Å². The number of benzene rings is 1. The molecule has 0 spiro atoms. The second-order valence-corrected chi connectivity index (χ2v) is 9.47. The van der Waals surface area contributed by atoms with E-state index in [9.17, 15) is 14.4 Å². The fraction of sp³-hybridized carbons (Fsp3) is 0.520. The fourth-order valence-corrected chi connectivity index (χ4v) is 5.45. The lowest BCUT2D eigenvalue weighted by Crippen LogP contribution is -2.56. The first-order chi connectivity index (χ1) is 16.8. The number of hydrogen-bond donors (Lipinski definition) is 1. The van der Waals surface area contributed by atoms with Crippen LogP contribution in [0.5, 0.6) is 11.5 Å². The first kappa shape index (κ1) is 23.2. The van der Waals surface area contributed by atoms with Gasteiger partial charge in [-0.05, 0) is 56.7 Å². The van der Waals surface area contributed by atoms with Gasteiger partial charge in [0.15, 0.2) is 11.5 Å². The Morgan fingerprint density at radius 1 is 1.17 bits per heavy atom. The summed E-state index contributed by atoms with van der Waals surface area (Å²) in [4.78, 5) is 42.5. The molecule has 1 N–H and O–H groups in total. The lowest BCUT2D eigenvalue weighted by atomic mass is 9.75. The van der Waals surface area contributed by atoms with Gasteiger partial charge in [0.05, 0.1) is 18.7 Å². The number of rotatable bonds is 6. The zero-order valence-electron chi connectivity index (χ0n) is 20.3. The molecule has 35 heavy (non-hydrogen) atoms. The monoisotopic (exact) mass is 482 g/mol. The highest BCUT2D eigenvalue weighted by molar-refractivity contribution is 6.07. The summed E-state index contributed by atoms with van der Waals surface area (Å²) in [7, 11) is 0. The van der Waals surface area contributed by atoms with Crippen LogP contribution in [0.2, 0.25) is 0 Å². The number of carbonyl (C=O) groups is 3. The lowest BCUT2D eigenvalue weighted by molar-refractivity contribution is -0.136. The van der Waals surface area contributed by atoms with Crippen LogP contribution in [0.1, 0.15) is 48.8 Å². The van der Waals surface area contributed by atoms with E-state index in [-0.39, 0.29) is 43.5 Å². The van der Waals surface area contributed by atoms with Gasteiger partial charge in [0, 0.05) is 18.7 Å². The number of amides is 4. The summed E-state index contributed by atoms with van der Waals surface area (Å²) in [5.74, 6) is 1.71.